The first-order valence-electron chi connectivity index (χ1n) is 13.4. The standard InChI is InChI=1S/C27H52O6/c1-31-27(30)20-16-12-10-8-6-4-2-3-5-7-9-11-14-18-22-32-24-26(29)25-33-23-19-15-13-17-21-28/h2,4,26,28-29H,3,5-25H2,1H3/b4-2-. The molecule has 1 unspecified atom stereocenters. The first kappa shape index (κ1) is 32.0. The van der Waals surface area contributed by atoms with Crippen LogP contribution >= 0.6 is 0 Å². The number of carbonyl (C=O) groups is 1. The molecule has 0 bridgehead atoms. The zero-order valence-corrected chi connectivity index (χ0v) is 21.3. The van der Waals surface area contributed by atoms with Gasteiger partial charge in [0.2, 0.25) is 0 Å². The molecule has 0 radical (unpaired) electrons. The van der Waals surface area contributed by atoms with Crippen molar-refractivity contribution in [2.24, 2.45) is 0 Å². The van der Waals surface area contributed by atoms with Gasteiger partial charge in [-0.3, -0.25) is 4.79 Å². The summed E-state index contributed by atoms with van der Waals surface area (Å²) < 4.78 is 15.6. The summed E-state index contributed by atoms with van der Waals surface area (Å²) in [5.41, 5.74) is 0. The van der Waals surface area contributed by atoms with Crippen molar-refractivity contribution in [3.63, 3.8) is 0 Å². The van der Waals surface area contributed by atoms with Gasteiger partial charge < -0.3 is 24.4 Å². The van der Waals surface area contributed by atoms with E-state index in [1.807, 2.05) is 0 Å². The Hall–Kier alpha value is -0.950. The highest BCUT2D eigenvalue weighted by atomic mass is 16.5. The predicted molar refractivity (Wildman–Crippen MR) is 134 cm³/mol. The van der Waals surface area contributed by atoms with Gasteiger partial charge in [0, 0.05) is 26.2 Å². The SMILES string of the molecule is COC(=O)CCCCCC/C=C\CCCCCCCCOCC(O)COCCCCCCO. The first-order chi connectivity index (χ1) is 16.2. The molecule has 0 saturated carbocycles. The van der Waals surface area contributed by atoms with E-state index in [4.69, 9.17) is 14.6 Å². The molecule has 6 nitrogen and oxygen atoms in total. The van der Waals surface area contributed by atoms with E-state index in [0.717, 1.165) is 51.4 Å². The second-order valence-electron chi connectivity index (χ2n) is 8.85. The number of esters is 1. The first-order valence-corrected chi connectivity index (χ1v) is 13.4. The lowest BCUT2D eigenvalue weighted by molar-refractivity contribution is -0.140. The molecule has 0 aromatic heterocycles. The summed E-state index contributed by atoms with van der Waals surface area (Å²) in [5.74, 6) is -0.0992. The van der Waals surface area contributed by atoms with Gasteiger partial charge in [-0.1, -0.05) is 63.5 Å². The Balaban J connectivity index is 3.20. The van der Waals surface area contributed by atoms with Crippen LogP contribution in [0.4, 0.5) is 0 Å². The van der Waals surface area contributed by atoms with Crippen LogP contribution in [0.3, 0.4) is 0 Å². The molecule has 0 aromatic rings. The number of allylic oxidation sites excluding steroid dienone is 2. The molecule has 6 heteroatoms. The fraction of sp³-hybridized carbons (Fsp3) is 0.889. The molecule has 1 atom stereocenters. The molecule has 0 amide bonds. The number of aliphatic hydroxyl groups is 2. The summed E-state index contributed by atoms with van der Waals surface area (Å²) >= 11 is 0. The summed E-state index contributed by atoms with van der Waals surface area (Å²) in [4.78, 5) is 11.0. The number of methoxy groups -OCH3 is 1. The predicted octanol–water partition coefficient (Wildman–Crippen LogP) is 5.73. The molecule has 0 saturated heterocycles. The van der Waals surface area contributed by atoms with Crippen LogP contribution in [0.2, 0.25) is 0 Å². The smallest absolute Gasteiger partial charge is 0.305 e. The molecule has 0 fully saturated rings. The van der Waals surface area contributed by atoms with Crippen molar-refractivity contribution in [1.82, 2.24) is 0 Å². The van der Waals surface area contributed by atoms with E-state index in [1.165, 1.54) is 58.5 Å². The van der Waals surface area contributed by atoms with Crippen LogP contribution in [0.5, 0.6) is 0 Å². The molecule has 0 heterocycles. The van der Waals surface area contributed by atoms with Gasteiger partial charge in [0.15, 0.2) is 0 Å². The van der Waals surface area contributed by atoms with Crippen LogP contribution in [0.25, 0.3) is 0 Å². The Morgan fingerprint density at radius 1 is 0.697 bits per heavy atom. The lowest BCUT2D eigenvalue weighted by Crippen LogP contribution is -2.22. The summed E-state index contributed by atoms with van der Waals surface area (Å²) in [5, 5.41) is 18.5. The van der Waals surface area contributed by atoms with Crippen molar-refractivity contribution in [2.75, 3.05) is 40.1 Å². The van der Waals surface area contributed by atoms with Gasteiger partial charge >= 0.3 is 5.97 Å². The number of rotatable bonds is 26. The number of carbonyl (C=O) groups excluding carboxylic acids is 1. The fourth-order valence-corrected chi connectivity index (χ4v) is 3.55. The van der Waals surface area contributed by atoms with Crippen molar-refractivity contribution in [3.8, 4) is 0 Å². The average molecular weight is 473 g/mol. The Morgan fingerprint density at radius 2 is 1.15 bits per heavy atom. The highest BCUT2D eigenvalue weighted by Gasteiger charge is 2.04. The van der Waals surface area contributed by atoms with Gasteiger partial charge in [-0.25, -0.2) is 0 Å². The van der Waals surface area contributed by atoms with E-state index < -0.39 is 6.10 Å². The Morgan fingerprint density at radius 3 is 1.67 bits per heavy atom. The van der Waals surface area contributed by atoms with Crippen molar-refractivity contribution < 1.29 is 29.2 Å². The maximum Gasteiger partial charge on any atom is 0.305 e. The van der Waals surface area contributed by atoms with Crippen molar-refractivity contribution in [2.45, 2.75) is 115 Å². The third-order valence-electron chi connectivity index (χ3n) is 5.62. The van der Waals surface area contributed by atoms with Gasteiger partial charge in [0.1, 0.15) is 6.10 Å². The molecular formula is C27H52O6. The number of ether oxygens (including phenoxy) is 3. The highest BCUT2D eigenvalue weighted by Crippen LogP contribution is 2.10. The van der Waals surface area contributed by atoms with E-state index in [0.29, 0.717) is 32.8 Å². The Labute approximate surface area is 203 Å². The van der Waals surface area contributed by atoms with Crippen LogP contribution in [0.1, 0.15) is 109 Å². The molecule has 33 heavy (non-hydrogen) atoms. The zero-order valence-electron chi connectivity index (χ0n) is 21.3. The maximum atomic E-state index is 11.0. The number of hydrogen-bond acceptors (Lipinski definition) is 6. The Kier molecular flexibility index (Phi) is 26.5. The minimum atomic E-state index is -0.540. The molecule has 0 aliphatic rings. The summed E-state index contributed by atoms with van der Waals surface area (Å²) in [6, 6.07) is 0. The van der Waals surface area contributed by atoms with Crippen LogP contribution in [0, 0.1) is 0 Å². The van der Waals surface area contributed by atoms with Crippen molar-refractivity contribution in [1.29, 1.82) is 0 Å². The molecule has 196 valence electrons. The molecule has 0 aliphatic carbocycles. The van der Waals surface area contributed by atoms with Crippen LogP contribution in [0.15, 0.2) is 12.2 Å². The monoisotopic (exact) mass is 472 g/mol. The molecule has 0 aliphatic heterocycles. The molecule has 2 N–H and O–H groups in total. The average Bonchev–Trinajstić information content (AvgIpc) is 2.82. The normalized spacial score (nSPS) is 12.5. The minimum Gasteiger partial charge on any atom is -0.469 e. The summed E-state index contributed by atoms with van der Waals surface area (Å²) in [6.45, 7) is 2.33. The van der Waals surface area contributed by atoms with Crippen molar-refractivity contribution >= 4 is 5.97 Å². The van der Waals surface area contributed by atoms with Gasteiger partial charge in [0.25, 0.3) is 0 Å². The minimum absolute atomic E-state index is 0.0992. The van der Waals surface area contributed by atoms with Gasteiger partial charge in [0.05, 0.1) is 20.3 Å². The second-order valence-corrected chi connectivity index (χ2v) is 8.85. The summed E-state index contributed by atoms with van der Waals surface area (Å²) in [7, 11) is 1.45. The third kappa shape index (κ3) is 27.2. The Bertz CT molecular complexity index is 427. The zero-order chi connectivity index (χ0) is 24.2. The summed E-state index contributed by atoms with van der Waals surface area (Å²) in [6.07, 6.45) is 22.6. The topological polar surface area (TPSA) is 85.2 Å². The van der Waals surface area contributed by atoms with Crippen LogP contribution < -0.4 is 0 Å². The van der Waals surface area contributed by atoms with Crippen LogP contribution in [-0.4, -0.2) is 62.4 Å². The van der Waals surface area contributed by atoms with Gasteiger partial charge in [-0.15, -0.1) is 0 Å². The quantitative estimate of drug-likeness (QED) is 0.0949. The van der Waals surface area contributed by atoms with Gasteiger partial charge in [-0.05, 0) is 51.4 Å². The van der Waals surface area contributed by atoms with E-state index in [1.54, 1.807) is 0 Å². The molecule has 0 spiro atoms. The van der Waals surface area contributed by atoms with E-state index in [-0.39, 0.29) is 12.6 Å². The molecule has 0 aromatic carbocycles. The molecular weight excluding hydrogens is 420 g/mol. The highest BCUT2D eigenvalue weighted by molar-refractivity contribution is 5.68. The third-order valence-corrected chi connectivity index (χ3v) is 5.62. The van der Waals surface area contributed by atoms with Crippen LogP contribution in [-0.2, 0) is 19.0 Å². The second kappa shape index (κ2) is 27.3. The fourth-order valence-electron chi connectivity index (χ4n) is 3.55. The molecule has 0 rings (SSSR count). The lowest BCUT2D eigenvalue weighted by Gasteiger charge is -2.12. The van der Waals surface area contributed by atoms with E-state index in [2.05, 4.69) is 16.9 Å². The van der Waals surface area contributed by atoms with E-state index in [9.17, 15) is 9.90 Å². The number of aliphatic hydroxyl groups excluding tert-OH is 2. The number of unbranched alkanes of at least 4 members (excludes halogenated alkanes) is 13. The van der Waals surface area contributed by atoms with Crippen molar-refractivity contribution in [3.05, 3.63) is 12.2 Å². The maximum absolute atomic E-state index is 11.0. The largest absolute Gasteiger partial charge is 0.469 e. The number of hydrogen-bond donors (Lipinski definition) is 2. The van der Waals surface area contributed by atoms with E-state index >= 15 is 0 Å². The van der Waals surface area contributed by atoms with Gasteiger partial charge in [-0.2, -0.15) is 0 Å². The lowest BCUT2D eigenvalue weighted by atomic mass is 10.1.